The lowest BCUT2D eigenvalue weighted by Gasteiger charge is -2.06. The summed E-state index contributed by atoms with van der Waals surface area (Å²) in [5.41, 5.74) is 0. The van der Waals surface area contributed by atoms with Gasteiger partial charge in [-0.05, 0) is 18.3 Å². The van der Waals surface area contributed by atoms with E-state index in [1.807, 2.05) is 6.92 Å². The Bertz CT molecular complexity index is 111. The van der Waals surface area contributed by atoms with Crippen LogP contribution >= 0.6 is 30.6 Å². The molecule has 10 heavy (non-hydrogen) atoms. The Balaban J connectivity index is 0. The van der Waals surface area contributed by atoms with Crippen molar-refractivity contribution in [2.45, 2.75) is 13.8 Å². The zero-order valence-corrected chi connectivity index (χ0v) is 8.47. The molecule has 0 aromatic heterocycles. The molecule has 0 aliphatic heterocycles. The lowest BCUT2D eigenvalue weighted by atomic mass is 10.9. The summed E-state index contributed by atoms with van der Waals surface area (Å²) >= 11 is 0.947. The molecule has 0 rings (SSSR count). The van der Waals surface area contributed by atoms with Crippen LogP contribution in [0.5, 0.6) is 0 Å². The first-order valence-electron chi connectivity index (χ1n) is 2.74. The van der Waals surface area contributed by atoms with Crippen LogP contribution in [-0.2, 0) is 9.09 Å². The summed E-state index contributed by atoms with van der Waals surface area (Å²) < 4.78 is 15.3. The predicted molar refractivity (Wildman–Crippen MR) is 46.8 cm³/mol. The summed E-state index contributed by atoms with van der Waals surface area (Å²) in [5, 5.41) is 0. The van der Waals surface area contributed by atoms with Crippen LogP contribution in [-0.4, -0.2) is 17.3 Å². The average molecular weight is 207 g/mol. The molecule has 0 spiro atoms. The molecule has 0 saturated carbocycles. The van der Waals surface area contributed by atoms with E-state index in [4.69, 9.17) is 4.89 Å². The summed E-state index contributed by atoms with van der Waals surface area (Å²) in [5.74, 6) is 0.605. The van der Waals surface area contributed by atoms with Crippen molar-refractivity contribution in [2.75, 3.05) is 12.4 Å². The van der Waals surface area contributed by atoms with E-state index in [9.17, 15) is 4.57 Å². The molecule has 0 aromatic carbocycles. The van der Waals surface area contributed by atoms with E-state index in [0.717, 1.165) is 11.4 Å². The highest BCUT2D eigenvalue weighted by Gasteiger charge is 2.16. The van der Waals surface area contributed by atoms with Gasteiger partial charge in [-0.1, -0.05) is 6.92 Å². The van der Waals surface area contributed by atoms with E-state index in [-0.39, 0.29) is 12.4 Å². The van der Waals surface area contributed by atoms with Crippen LogP contribution in [0, 0.1) is 0 Å². The minimum absolute atomic E-state index is 0. The molecule has 0 aliphatic carbocycles. The van der Waals surface area contributed by atoms with Crippen molar-refractivity contribution in [3.63, 3.8) is 0 Å². The number of hydrogen-bond donors (Lipinski definition) is 1. The monoisotopic (exact) mass is 206 g/mol. The van der Waals surface area contributed by atoms with Crippen molar-refractivity contribution >= 4 is 30.6 Å². The van der Waals surface area contributed by atoms with Gasteiger partial charge in [-0.15, -0.1) is 12.4 Å². The van der Waals surface area contributed by atoms with Crippen molar-refractivity contribution in [1.29, 1.82) is 0 Å². The molecule has 0 aromatic rings. The third kappa shape index (κ3) is 6.90. The minimum atomic E-state index is -3.28. The normalized spacial score (nSPS) is 15.5. The molecule has 1 atom stereocenters. The van der Waals surface area contributed by atoms with Crippen molar-refractivity contribution < 1.29 is 14.0 Å². The SMILES string of the molecule is CCOP(=O)(O)SCC.Cl. The molecule has 0 heterocycles. The Labute approximate surface area is 71.2 Å². The number of hydrogen-bond acceptors (Lipinski definition) is 3. The van der Waals surface area contributed by atoms with Gasteiger partial charge in [0.05, 0.1) is 6.61 Å². The fraction of sp³-hybridized carbons (Fsp3) is 1.00. The highest BCUT2D eigenvalue weighted by atomic mass is 35.5. The zero-order valence-electron chi connectivity index (χ0n) is 5.94. The van der Waals surface area contributed by atoms with Gasteiger partial charge in [-0.25, -0.2) is 4.57 Å². The van der Waals surface area contributed by atoms with Crippen molar-refractivity contribution in [3.05, 3.63) is 0 Å². The molecule has 0 fully saturated rings. The van der Waals surface area contributed by atoms with E-state index < -0.39 is 6.80 Å². The van der Waals surface area contributed by atoms with Gasteiger partial charge in [0.1, 0.15) is 0 Å². The van der Waals surface area contributed by atoms with Gasteiger partial charge in [-0.3, -0.25) is 0 Å². The van der Waals surface area contributed by atoms with Crippen molar-refractivity contribution in [1.82, 2.24) is 0 Å². The molecule has 0 bridgehead atoms. The van der Waals surface area contributed by atoms with Crippen LogP contribution in [0.25, 0.3) is 0 Å². The smallest absolute Gasteiger partial charge is 0.316 e. The largest absolute Gasteiger partial charge is 0.386 e. The van der Waals surface area contributed by atoms with Gasteiger partial charge in [0.15, 0.2) is 0 Å². The fourth-order valence-electron chi connectivity index (χ4n) is 0.364. The van der Waals surface area contributed by atoms with Gasteiger partial charge in [0.2, 0.25) is 0 Å². The summed E-state index contributed by atoms with van der Waals surface area (Å²) in [6.07, 6.45) is 0. The maximum Gasteiger partial charge on any atom is 0.386 e. The molecule has 0 amide bonds. The second kappa shape index (κ2) is 6.50. The molecule has 0 aliphatic rings. The van der Waals surface area contributed by atoms with E-state index in [1.165, 1.54) is 0 Å². The van der Waals surface area contributed by atoms with Gasteiger partial charge < -0.3 is 9.42 Å². The van der Waals surface area contributed by atoms with E-state index in [2.05, 4.69) is 4.52 Å². The summed E-state index contributed by atoms with van der Waals surface area (Å²) in [6, 6.07) is 0. The Hall–Kier alpha value is 0.790. The molecule has 64 valence electrons. The maximum absolute atomic E-state index is 10.7. The van der Waals surface area contributed by atoms with Crippen LogP contribution in [0.4, 0.5) is 0 Å². The van der Waals surface area contributed by atoms with E-state index >= 15 is 0 Å². The Morgan fingerprint density at radius 1 is 1.60 bits per heavy atom. The lowest BCUT2D eigenvalue weighted by molar-refractivity contribution is 0.291. The van der Waals surface area contributed by atoms with Crippen LogP contribution < -0.4 is 0 Å². The summed E-state index contributed by atoms with van der Waals surface area (Å²) in [6.45, 7) is 0.522. The van der Waals surface area contributed by atoms with Gasteiger partial charge in [0, 0.05) is 5.75 Å². The Kier molecular flexibility index (Phi) is 8.70. The first kappa shape index (κ1) is 13.4. The van der Waals surface area contributed by atoms with Crippen molar-refractivity contribution in [3.8, 4) is 0 Å². The summed E-state index contributed by atoms with van der Waals surface area (Å²) in [7, 11) is 0. The third-order valence-corrected chi connectivity index (χ3v) is 3.82. The van der Waals surface area contributed by atoms with Gasteiger partial charge in [0.25, 0.3) is 0 Å². The molecular weight excluding hydrogens is 195 g/mol. The Morgan fingerprint density at radius 2 is 2.10 bits per heavy atom. The number of rotatable bonds is 4. The second-order valence-electron chi connectivity index (χ2n) is 1.30. The standard InChI is InChI=1S/C4H11O3PS.ClH/c1-3-7-8(5,6)9-4-2;/h3-4H2,1-2H3,(H,5,6);1H. The van der Waals surface area contributed by atoms with E-state index in [0.29, 0.717) is 12.4 Å². The summed E-state index contributed by atoms with van der Waals surface area (Å²) in [4.78, 5) is 8.81. The minimum Gasteiger partial charge on any atom is -0.316 e. The van der Waals surface area contributed by atoms with Crippen molar-refractivity contribution in [2.24, 2.45) is 0 Å². The molecular formula is C4H12ClO3PS. The number of halogens is 1. The second-order valence-corrected chi connectivity index (χ2v) is 5.49. The molecule has 6 heteroatoms. The molecule has 0 radical (unpaired) electrons. The van der Waals surface area contributed by atoms with Crippen LogP contribution in [0.1, 0.15) is 13.8 Å². The first-order chi connectivity index (χ1) is 4.12. The van der Waals surface area contributed by atoms with Gasteiger partial charge >= 0.3 is 6.80 Å². The van der Waals surface area contributed by atoms with Crippen LogP contribution in [0.3, 0.4) is 0 Å². The highest BCUT2D eigenvalue weighted by molar-refractivity contribution is 8.54. The van der Waals surface area contributed by atoms with E-state index in [1.54, 1.807) is 6.92 Å². The van der Waals surface area contributed by atoms with Crippen LogP contribution in [0.15, 0.2) is 0 Å². The average Bonchev–Trinajstić information content (AvgIpc) is 1.64. The third-order valence-electron chi connectivity index (χ3n) is 0.584. The topological polar surface area (TPSA) is 46.5 Å². The highest BCUT2D eigenvalue weighted by Crippen LogP contribution is 2.55. The molecule has 0 saturated heterocycles. The fourth-order valence-corrected chi connectivity index (χ4v) is 2.61. The molecule has 1 N–H and O–H groups in total. The maximum atomic E-state index is 10.7. The lowest BCUT2D eigenvalue weighted by Crippen LogP contribution is -1.84. The molecule has 3 nitrogen and oxygen atoms in total. The van der Waals surface area contributed by atoms with Gasteiger partial charge in [-0.2, -0.15) is 0 Å². The van der Waals surface area contributed by atoms with Crippen LogP contribution in [0.2, 0.25) is 0 Å². The zero-order chi connectivity index (χ0) is 7.33. The Morgan fingerprint density at radius 3 is 2.40 bits per heavy atom. The predicted octanol–water partition coefficient (Wildman–Crippen LogP) is 2.30. The molecule has 1 unspecified atom stereocenters. The quantitative estimate of drug-likeness (QED) is 0.717. The first-order valence-corrected chi connectivity index (χ1v) is 5.91.